The first-order valence-electron chi connectivity index (χ1n) is 6.09. The number of Topliss-reactive ketones (excluding diaryl/α,β-unsaturated/α-hetero) is 1. The fraction of sp³-hybridized carbons (Fsp3) is 0.615. The van der Waals surface area contributed by atoms with Crippen LogP contribution >= 0.6 is 23.1 Å². The summed E-state index contributed by atoms with van der Waals surface area (Å²) in [4.78, 5) is 17.0. The van der Waals surface area contributed by atoms with E-state index in [1.54, 1.807) is 11.3 Å². The van der Waals surface area contributed by atoms with Gasteiger partial charge in [0.05, 0.1) is 6.04 Å². The fourth-order valence-corrected chi connectivity index (χ4v) is 4.24. The van der Waals surface area contributed by atoms with Gasteiger partial charge < -0.3 is 0 Å². The third-order valence-electron chi connectivity index (χ3n) is 3.18. The molecule has 4 heteroatoms. The van der Waals surface area contributed by atoms with Crippen LogP contribution in [-0.4, -0.2) is 41.8 Å². The Morgan fingerprint density at radius 3 is 2.88 bits per heavy atom. The maximum absolute atomic E-state index is 12.2. The van der Waals surface area contributed by atoms with E-state index in [0.717, 1.165) is 24.5 Å². The van der Waals surface area contributed by atoms with Gasteiger partial charge in [0, 0.05) is 34.2 Å². The SMILES string of the molecule is CCc1ccc(CC(=O)C2CSCCN2C)s1. The summed E-state index contributed by atoms with van der Waals surface area (Å²) in [6, 6.07) is 4.38. The van der Waals surface area contributed by atoms with Crippen molar-refractivity contribution in [1.29, 1.82) is 0 Å². The van der Waals surface area contributed by atoms with Crippen molar-refractivity contribution >= 4 is 28.9 Å². The normalized spacial score (nSPS) is 21.6. The number of thioether (sulfide) groups is 1. The standard InChI is InChI=1S/C13H19NOS2/c1-3-10-4-5-11(17-10)8-13(15)12-9-16-7-6-14(12)2/h4-5,12H,3,6-9H2,1-2H3. The summed E-state index contributed by atoms with van der Waals surface area (Å²) in [6.45, 7) is 3.19. The number of ketones is 1. The molecule has 94 valence electrons. The molecule has 1 aliphatic heterocycles. The molecule has 1 saturated heterocycles. The lowest BCUT2D eigenvalue weighted by Crippen LogP contribution is -2.45. The van der Waals surface area contributed by atoms with Crippen molar-refractivity contribution in [2.75, 3.05) is 25.1 Å². The van der Waals surface area contributed by atoms with Crippen molar-refractivity contribution in [3.63, 3.8) is 0 Å². The Hall–Kier alpha value is -0.320. The first-order valence-corrected chi connectivity index (χ1v) is 8.06. The third kappa shape index (κ3) is 3.33. The molecule has 1 aliphatic rings. The molecule has 1 fully saturated rings. The summed E-state index contributed by atoms with van der Waals surface area (Å²) in [5.74, 6) is 2.49. The Morgan fingerprint density at radius 1 is 1.47 bits per heavy atom. The largest absolute Gasteiger partial charge is 0.297 e. The monoisotopic (exact) mass is 269 g/mol. The Labute approximate surface area is 111 Å². The topological polar surface area (TPSA) is 20.3 Å². The Kier molecular flexibility index (Phi) is 4.65. The number of likely N-dealkylation sites (N-methyl/N-ethyl adjacent to an activating group) is 1. The zero-order valence-electron chi connectivity index (χ0n) is 10.4. The number of carbonyl (C=O) groups is 1. The number of carbonyl (C=O) groups excluding carboxylic acids is 1. The number of aryl methyl sites for hydroxylation is 1. The molecule has 2 nitrogen and oxygen atoms in total. The van der Waals surface area contributed by atoms with Crippen LogP contribution in [0.1, 0.15) is 16.7 Å². The molecule has 0 radical (unpaired) electrons. The van der Waals surface area contributed by atoms with Gasteiger partial charge in [0.2, 0.25) is 0 Å². The van der Waals surface area contributed by atoms with Crippen molar-refractivity contribution < 1.29 is 4.79 Å². The molecule has 0 N–H and O–H groups in total. The summed E-state index contributed by atoms with van der Waals surface area (Å²) in [5, 5.41) is 0. The van der Waals surface area contributed by atoms with Crippen LogP contribution in [0.3, 0.4) is 0 Å². The highest BCUT2D eigenvalue weighted by molar-refractivity contribution is 7.99. The molecule has 0 aromatic carbocycles. The van der Waals surface area contributed by atoms with Crippen molar-refractivity contribution in [3.8, 4) is 0 Å². The van der Waals surface area contributed by atoms with Crippen LogP contribution in [0.15, 0.2) is 12.1 Å². The summed E-state index contributed by atoms with van der Waals surface area (Å²) < 4.78 is 0. The van der Waals surface area contributed by atoms with Crippen LogP contribution in [0.5, 0.6) is 0 Å². The van der Waals surface area contributed by atoms with Gasteiger partial charge in [-0.25, -0.2) is 0 Å². The average molecular weight is 269 g/mol. The maximum Gasteiger partial charge on any atom is 0.155 e. The number of nitrogens with zero attached hydrogens (tertiary/aromatic N) is 1. The molecule has 2 heterocycles. The van der Waals surface area contributed by atoms with Gasteiger partial charge >= 0.3 is 0 Å². The number of hydrogen-bond acceptors (Lipinski definition) is 4. The minimum atomic E-state index is 0.126. The zero-order valence-corrected chi connectivity index (χ0v) is 12.1. The minimum absolute atomic E-state index is 0.126. The molecule has 0 spiro atoms. The first-order chi connectivity index (χ1) is 8.20. The van der Waals surface area contributed by atoms with E-state index < -0.39 is 0 Å². The van der Waals surface area contributed by atoms with Gasteiger partial charge in [-0.2, -0.15) is 11.8 Å². The highest BCUT2D eigenvalue weighted by atomic mass is 32.2. The summed E-state index contributed by atoms with van der Waals surface area (Å²) >= 11 is 3.68. The van der Waals surface area contributed by atoms with Crippen molar-refractivity contribution in [2.45, 2.75) is 25.8 Å². The molecule has 1 aromatic rings. The van der Waals surface area contributed by atoms with Gasteiger partial charge in [-0.15, -0.1) is 11.3 Å². The van der Waals surface area contributed by atoms with Crippen LogP contribution in [0.25, 0.3) is 0 Å². The lowest BCUT2D eigenvalue weighted by molar-refractivity contribution is -0.122. The van der Waals surface area contributed by atoms with Crippen molar-refractivity contribution in [1.82, 2.24) is 4.90 Å². The van der Waals surface area contributed by atoms with E-state index in [9.17, 15) is 4.79 Å². The van der Waals surface area contributed by atoms with E-state index >= 15 is 0 Å². The quantitative estimate of drug-likeness (QED) is 0.837. The number of hydrogen-bond donors (Lipinski definition) is 0. The summed E-state index contributed by atoms with van der Waals surface area (Å²) in [5.41, 5.74) is 0. The Bertz CT molecular complexity index is 389. The third-order valence-corrected chi connectivity index (χ3v) is 5.43. The van der Waals surface area contributed by atoms with Gasteiger partial charge in [0.1, 0.15) is 0 Å². The van der Waals surface area contributed by atoms with Crippen LogP contribution in [0, 0.1) is 0 Å². The predicted octanol–water partition coefficient (Wildman–Crippen LogP) is 2.47. The molecule has 0 amide bonds. The van der Waals surface area contributed by atoms with Crippen molar-refractivity contribution in [3.05, 3.63) is 21.9 Å². The second kappa shape index (κ2) is 6.03. The van der Waals surface area contributed by atoms with E-state index in [2.05, 4.69) is 31.0 Å². The van der Waals surface area contributed by atoms with Crippen LogP contribution in [0.2, 0.25) is 0 Å². The molecule has 1 unspecified atom stereocenters. The summed E-state index contributed by atoms with van der Waals surface area (Å²) in [7, 11) is 2.06. The predicted molar refractivity (Wildman–Crippen MR) is 76.2 cm³/mol. The van der Waals surface area contributed by atoms with E-state index in [1.165, 1.54) is 9.75 Å². The van der Waals surface area contributed by atoms with Gasteiger partial charge in [0.15, 0.2) is 5.78 Å². The Balaban J connectivity index is 1.95. The van der Waals surface area contributed by atoms with E-state index in [0.29, 0.717) is 12.2 Å². The molecule has 0 aliphatic carbocycles. The highest BCUT2D eigenvalue weighted by Crippen LogP contribution is 2.21. The molecule has 1 aromatic heterocycles. The molecular weight excluding hydrogens is 250 g/mol. The van der Waals surface area contributed by atoms with Gasteiger partial charge in [-0.1, -0.05) is 6.92 Å². The lowest BCUT2D eigenvalue weighted by Gasteiger charge is -2.30. The molecule has 0 saturated carbocycles. The second-order valence-electron chi connectivity index (χ2n) is 4.44. The highest BCUT2D eigenvalue weighted by Gasteiger charge is 2.26. The minimum Gasteiger partial charge on any atom is -0.297 e. The summed E-state index contributed by atoms with van der Waals surface area (Å²) in [6.07, 6.45) is 1.68. The first kappa shape index (κ1) is 13.1. The van der Waals surface area contributed by atoms with Gasteiger partial charge in [0.25, 0.3) is 0 Å². The average Bonchev–Trinajstić information content (AvgIpc) is 2.77. The second-order valence-corrected chi connectivity index (χ2v) is 6.84. The smallest absolute Gasteiger partial charge is 0.155 e. The molecule has 1 atom stereocenters. The molecular formula is C13H19NOS2. The van der Waals surface area contributed by atoms with Crippen LogP contribution in [0.4, 0.5) is 0 Å². The van der Waals surface area contributed by atoms with E-state index in [4.69, 9.17) is 0 Å². The van der Waals surface area contributed by atoms with Gasteiger partial charge in [-0.3, -0.25) is 9.69 Å². The van der Waals surface area contributed by atoms with Crippen LogP contribution in [-0.2, 0) is 17.6 Å². The lowest BCUT2D eigenvalue weighted by atomic mass is 10.1. The van der Waals surface area contributed by atoms with Gasteiger partial charge in [-0.05, 0) is 25.6 Å². The fourth-order valence-electron chi connectivity index (χ4n) is 2.02. The zero-order chi connectivity index (χ0) is 12.3. The molecule has 17 heavy (non-hydrogen) atoms. The number of thiophene rings is 1. The molecule has 2 rings (SSSR count). The van der Waals surface area contributed by atoms with E-state index in [-0.39, 0.29) is 6.04 Å². The van der Waals surface area contributed by atoms with E-state index in [1.807, 2.05) is 11.8 Å². The van der Waals surface area contributed by atoms with Crippen molar-refractivity contribution in [2.24, 2.45) is 0 Å². The maximum atomic E-state index is 12.2. The number of rotatable bonds is 4. The Morgan fingerprint density at radius 2 is 2.24 bits per heavy atom. The molecule has 0 bridgehead atoms. The van der Waals surface area contributed by atoms with Crippen LogP contribution < -0.4 is 0 Å².